The Kier molecular flexibility index (Phi) is 8.55. The number of hydrogen-bond acceptors (Lipinski definition) is 5. The van der Waals surface area contributed by atoms with Crippen molar-refractivity contribution < 1.29 is 4.74 Å². The Labute approximate surface area is 128 Å². The minimum atomic E-state index is 0.442. The monoisotopic (exact) mass is 294 g/mol. The van der Waals surface area contributed by atoms with E-state index < -0.39 is 0 Å². The van der Waals surface area contributed by atoms with Gasteiger partial charge in [-0.15, -0.1) is 0 Å². The summed E-state index contributed by atoms with van der Waals surface area (Å²) in [5.74, 6) is 2.27. The van der Waals surface area contributed by atoms with Gasteiger partial charge in [-0.05, 0) is 19.3 Å². The summed E-state index contributed by atoms with van der Waals surface area (Å²) in [6, 6.07) is 0.442. The first-order valence-corrected chi connectivity index (χ1v) is 8.16. The summed E-state index contributed by atoms with van der Waals surface area (Å²) in [6.07, 6.45) is 8.55. The SMILES string of the molecule is CCCCC(CCC)Nc1ncnc(NCCC)c1OC. The molecule has 0 fully saturated rings. The average molecular weight is 294 g/mol. The normalized spacial score (nSPS) is 12.0. The molecule has 1 heterocycles. The molecule has 5 nitrogen and oxygen atoms in total. The standard InChI is InChI=1S/C16H30N4O/c1-5-8-10-13(9-6-2)20-16-14(21-4)15(17-11-7-3)18-12-19-16/h12-13H,5-11H2,1-4H3,(H2,17,18,19,20). The van der Waals surface area contributed by atoms with E-state index in [-0.39, 0.29) is 0 Å². The zero-order valence-corrected chi connectivity index (χ0v) is 13.9. The highest BCUT2D eigenvalue weighted by atomic mass is 16.5. The van der Waals surface area contributed by atoms with Crippen molar-refractivity contribution in [2.24, 2.45) is 0 Å². The highest BCUT2D eigenvalue weighted by Crippen LogP contribution is 2.30. The summed E-state index contributed by atoms with van der Waals surface area (Å²) in [6.45, 7) is 7.44. The predicted molar refractivity (Wildman–Crippen MR) is 89.2 cm³/mol. The van der Waals surface area contributed by atoms with Crippen LogP contribution in [-0.2, 0) is 0 Å². The van der Waals surface area contributed by atoms with E-state index in [4.69, 9.17) is 4.74 Å². The molecule has 0 aliphatic rings. The van der Waals surface area contributed by atoms with Crippen LogP contribution in [0.15, 0.2) is 6.33 Å². The highest BCUT2D eigenvalue weighted by molar-refractivity contribution is 5.63. The van der Waals surface area contributed by atoms with Gasteiger partial charge in [0.25, 0.3) is 0 Å². The second-order valence-electron chi connectivity index (χ2n) is 5.30. The van der Waals surface area contributed by atoms with Crippen LogP contribution in [0.25, 0.3) is 0 Å². The summed E-state index contributed by atoms with van der Waals surface area (Å²) in [7, 11) is 1.67. The molecule has 0 amide bonds. The van der Waals surface area contributed by atoms with E-state index in [0.29, 0.717) is 11.8 Å². The zero-order valence-electron chi connectivity index (χ0n) is 13.9. The lowest BCUT2D eigenvalue weighted by atomic mass is 10.1. The van der Waals surface area contributed by atoms with Gasteiger partial charge in [-0.2, -0.15) is 0 Å². The van der Waals surface area contributed by atoms with E-state index in [9.17, 15) is 0 Å². The van der Waals surface area contributed by atoms with Crippen LogP contribution in [0.2, 0.25) is 0 Å². The first kappa shape index (κ1) is 17.5. The van der Waals surface area contributed by atoms with Crippen LogP contribution < -0.4 is 15.4 Å². The largest absolute Gasteiger partial charge is 0.490 e. The van der Waals surface area contributed by atoms with Gasteiger partial charge in [-0.25, -0.2) is 9.97 Å². The molecule has 1 rings (SSSR count). The molecule has 120 valence electrons. The Bertz CT molecular complexity index is 398. The number of ether oxygens (including phenoxy) is 1. The molecule has 21 heavy (non-hydrogen) atoms. The van der Waals surface area contributed by atoms with Gasteiger partial charge in [0, 0.05) is 12.6 Å². The van der Waals surface area contributed by atoms with Crippen molar-refractivity contribution in [3.05, 3.63) is 6.33 Å². The van der Waals surface area contributed by atoms with Crippen molar-refractivity contribution >= 4 is 11.6 Å². The molecule has 0 aliphatic carbocycles. The molecule has 0 bridgehead atoms. The molecule has 1 unspecified atom stereocenters. The van der Waals surface area contributed by atoms with Crippen molar-refractivity contribution in [2.45, 2.75) is 65.3 Å². The Morgan fingerprint density at radius 2 is 1.81 bits per heavy atom. The molecule has 0 saturated heterocycles. The van der Waals surface area contributed by atoms with E-state index in [1.807, 2.05) is 0 Å². The second kappa shape index (κ2) is 10.2. The van der Waals surface area contributed by atoms with Gasteiger partial charge in [0.1, 0.15) is 6.33 Å². The minimum Gasteiger partial charge on any atom is -0.490 e. The van der Waals surface area contributed by atoms with Crippen LogP contribution in [0.5, 0.6) is 5.75 Å². The number of nitrogens with one attached hydrogen (secondary N) is 2. The second-order valence-corrected chi connectivity index (χ2v) is 5.30. The summed E-state index contributed by atoms with van der Waals surface area (Å²) in [5.41, 5.74) is 0. The Hall–Kier alpha value is -1.52. The number of anilines is 2. The molecule has 0 spiro atoms. The van der Waals surface area contributed by atoms with Crippen molar-refractivity contribution in [3.8, 4) is 5.75 Å². The third kappa shape index (κ3) is 5.78. The van der Waals surface area contributed by atoms with Gasteiger partial charge < -0.3 is 15.4 Å². The van der Waals surface area contributed by atoms with Gasteiger partial charge in [0.15, 0.2) is 11.6 Å². The van der Waals surface area contributed by atoms with Crippen LogP contribution in [0, 0.1) is 0 Å². The number of nitrogens with zero attached hydrogens (tertiary/aromatic N) is 2. The van der Waals surface area contributed by atoms with Crippen molar-refractivity contribution in [1.82, 2.24) is 9.97 Å². The summed E-state index contributed by atoms with van der Waals surface area (Å²) < 4.78 is 5.51. The van der Waals surface area contributed by atoms with Gasteiger partial charge >= 0.3 is 0 Å². The van der Waals surface area contributed by atoms with Gasteiger partial charge in [0.05, 0.1) is 7.11 Å². The summed E-state index contributed by atoms with van der Waals surface area (Å²) in [4.78, 5) is 8.64. The molecule has 0 aliphatic heterocycles. The van der Waals surface area contributed by atoms with Crippen LogP contribution in [0.4, 0.5) is 11.6 Å². The molecule has 5 heteroatoms. The molecule has 1 aromatic rings. The topological polar surface area (TPSA) is 59.1 Å². The third-order valence-corrected chi connectivity index (χ3v) is 3.43. The fraction of sp³-hybridized carbons (Fsp3) is 0.750. The molecule has 2 N–H and O–H groups in total. The fourth-order valence-electron chi connectivity index (χ4n) is 2.32. The van der Waals surface area contributed by atoms with Gasteiger partial charge in [-0.1, -0.05) is 40.0 Å². The lowest BCUT2D eigenvalue weighted by Crippen LogP contribution is -2.21. The number of methoxy groups -OCH3 is 1. The number of aromatic nitrogens is 2. The van der Waals surface area contributed by atoms with E-state index in [1.165, 1.54) is 12.8 Å². The fourth-order valence-corrected chi connectivity index (χ4v) is 2.32. The Morgan fingerprint density at radius 1 is 1.05 bits per heavy atom. The molecule has 0 aromatic carbocycles. The van der Waals surface area contributed by atoms with Gasteiger partial charge in [-0.3, -0.25) is 0 Å². The smallest absolute Gasteiger partial charge is 0.204 e. The van der Waals surface area contributed by atoms with E-state index in [2.05, 4.69) is 41.4 Å². The average Bonchev–Trinajstić information content (AvgIpc) is 2.50. The van der Waals surface area contributed by atoms with E-state index in [0.717, 1.165) is 43.9 Å². The van der Waals surface area contributed by atoms with Crippen LogP contribution in [0.3, 0.4) is 0 Å². The lowest BCUT2D eigenvalue weighted by Gasteiger charge is -2.21. The Morgan fingerprint density at radius 3 is 2.43 bits per heavy atom. The number of unbranched alkanes of at least 4 members (excludes halogenated alkanes) is 1. The number of rotatable bonds is 11. The van der Waals surface area contributed by atoms with E-state index in [1.54, 1.807) is 13.4 Å². The molecular formula is C16H30N4O. The highest BCUT2D eigenvalue weighted by Gasteiger charge is 2.15. The maximum atomic E-state index is 5.51. The summed E-state index contributed by atoms with van der Waals surface area (Å²) in [5, 5.41) is 6.82. The number of hydrogen-bond donors (Lipinski definition) is 2. The molecular weight excluding hydrogens is 264 g/mol. The minimum absolute atomic E-state index is 0.442. The molecule has 1 atom stereocenters. The van der Waals surface area contributed by atoms with E-state index >= 15 is 0 Å². The molecule has 1 aromatic heterocycles. The van der Waals surface area contributed by atoms with Gasteiger partial charge in [0.2, 0.25) is 5.75 Å². The first-order valence-electron chi connectivity index (χ1n) is 8.16. The van der Waals surface area contributed by atoms with Crippen LogP contribution in [0.1, 0.15) is 59.3 Å². The van der Waals surface area contributed by atoms with Crippen molar-refractivity contribution in [3.63, 3.8) is 0 Å². The molecule has 0 radical (unpaired) electrons. The molecule has 0 saturated carbocycles. The maximum absolute atomic E-state index is 5.51. The predicted octanol–water partition coefficient (Wildman–Crippen LogP) is 4.08. The first-order chi connectivity index (χ1) is 10.3. The zero-order chi connectivity index (χ0) is 15.5. The van der Waals surface area contributed by atoms with Crippen molar-refractivity contribution in [2.75, 3.05) is 24.3 Å². The third-order valence-electron chi connectivity index (χ3n) is 3.43. The van der Waals surface area contributed by atoms with Crippen molar-refractivity contribution in [1.29, 1.82) is 0 Å². The lowest BCUT2D eigenvalue weighted by molar-refractivity contribution is 0.413. The maximum Gasteiger partial charge on any atom is 0.204 e. The van der Waals surface area contributed by atoms with Crippen LogP contribution in [-0.4, -0.2) is 29.7 Å². The quantitative estimate of drug-likeness (QED) is 0.644. The van der Waals surface area contributed by atoms with Crippen LogP contribution >= 0.6 is 0 Å². The Balaban J connectivity index is 2.83. The summed E-state index contributed by atoms with van der Waals surface area (Å²) >= 11 is 0.